The predicted octanol–water partition coefficient (Wildman–Crippen LogP) is 5.94. The molecule has 0 aliphatic rings. The molecule has 2 rings (SSSR count). The van der Waals surface area contributed by atoms with Crippen molar-refractivity contribution in [2.45, 2.75) is 46.5 Å². The first kappa shape index (κ1) is 17.3. The zero-order valence-corrected chi connectivity index (χ0v) is 14.2. The van der Waals surface area contributed by atoms with Gasteiger partial charge in [-0.2, -0.15) is 0 Å². The maximum atomic E-state index is 5.11. The second-order valence-corrected chi connectivity index (χ2v) is 6.00. The summed E-state index contributed by atoms with van der Waals surface area (Å²) in [5, 5.41) is 0. The summed E-state index contributed by atoms with van der Waals surface area (Å²) in [5.41, 5.74) is 4.08. The van der Waals surface area contributed by atoms with Crippen molar-refractivity contribution in [1.82, 2.24) is 0 Å². The van der Waals surface area contributed by atoms with Gasteiger partial charge in [-0.1, -0.05) is 69.7 Å². The summed E-state index contributed by atoms with van der Waals surface area (Å²) in [6.07, 6.45) is 0. The summed E-state index contributed by atoms with van der Waals surface area (Å²) in [5.74, 6) is 2.17. The van der Waals surface area contributed by atoms with Crippen molar-refractivity contribution in [1.29, 1.82) is 0 Å². The van der Waals surface area contributed by atoms with E-state index in [1.807, 2.05) is 12.1 Å². The monoisotopic (exact) mass is 284 g/mol. The molecule has 0 bridgehead atoms. The number of methoxy groups -OCH3 is 1. The van der Waals surface area contributed by atoms with Gasteiger partial charge in [0.25, 0.3) is 0 Å². The highest BCUT2D eigenvalue weighted by Gasteiger charge is 1.98. The molecular formula is C20H28O. The third-order valence-corrected chi connectivity index (χ3v) is 3.50. The summed E-state index contributed by atoms with van der Waals surface area (Å²) in [7, 11) is 1.69. The lowest BCUT2D eigenvalue weighted by Crippen LogP contribution is -1.88. The van der Waals surface area contributed by atoms with Crippen LogP contribution in [0.5, 0.6) is 5.75 Å². The van der Waals surface area contributed by atoms with Gasteiger partial charge in [0.2, 0.25) is 0 Å². The van der Waals surface area contributed by atoms with Crippen molar-refractivity contribution in [3.05, 3.63) is 65.2 Å². The van der Waals surface area contributed by atoms with E-state index in [1.165, 1.54) is 16.7 Å². The Balaban J connectivity index is 0.000000211. The average Bonchev–Trinajstić information content (AvgIpc) is 2.48. The molecule has 1 heteroatoms. The topological polar surface area (TPSA) is 9.23 Å². The molecule has 0 atom stereocenters. The van der Waals surface area contributed by atoms with Crippen LogP contribution < -0.4 is 4.74 Å². The maximum Gasteiger partial charge on any atom is 0.119 e. The van der Waals surface area contributed by atoms with Gasteiger partial charge in [0.15, 0.2) is 0 Å². The summed E-state index contributed by atoms with van der Waals surface area (Å²) >= 11 is 0. The number of aryl methyl sites for hydroxylation is 1. The van der Waals surface area contributed by atoms with Crippen LogP contribution in [-0.2, 0) is 0 Å². The minimum atomic E-state index is 0.574. The van der Waals surface area contributed by atoms with Gasteiger partial charge in [-0.05, 0) is 42.0 Å². The van der Waals surface area contributed by atoms with Crippen molar-refractivity contribution in [3.8, 4) is 5.75 Å². The summed E-state index contributed by atoms with van der Waals surface area (Å²) in [6, 6.07) is 16.9. The van der Waals surface area contributed by atoms with Crippen LogP contribution in [0.15, 0.2) is 48.5 Å². The fraction of sp³-hybridized carbons (Fsp3) is 0.400. The van der Waals surface area contributed by atoms with Gasteiger partial charge < -0.3 is 4.74 Å². The number of hydrogen-bond donors (Lipinski definition) is 0. The Kier molecular flexibility index (Phi) is 7.01. The molecule has 0 radical (unpaired) electrons. The van der Waals surface area contributed by atoms with E-state index < -0.39 is 0 Å². The van der Waals surface area contributed by atoms with E-state index in [4.69, 9.17) is 4.74 Å². The van der Waals surface area contributed by atoms with Gasteiger partial charge in [-0.25, -0.2) is 0 Å². The van der Waals surface area contributed by atoms with Gasteiger partial charge in [-0.3, -0.25) is 0 Å². The Bertz CT molecular complexity index is 524. The molecule has 0 amide bonds. The fourth-order valence-electron chi connectivity index (χ4n) is 1.95. The fourth-order valence-corrected chi connectivity index (χ4v) is 1.95. The molecule has 21 heavy (non-hydrogen) atoms. The van der Waals surface area contributed by atoms with Gasteiger partial charge >= 0.3 is 0 Å². The Hall–Kier alpha value is -1.76. The van der Waals surface area contributed by atoms with Crippen LogP contribution in [0.25, 0.3) is 0 Å². The molecule has 114 valence electrons. The first-order valence-corrected chi connectivity index (χ1v) is 7.64. The van der Waals surface area contributed by atoms with Crippen LogP contribution in [0.2, 0.25) is 0 Å². The molecule has 0 fully saturated rings. The molecule has 2 aromatic carbocycles. The van der Waals surface area contributed by atoms with Crippen LogP contribution >= 0.6 is 0 Å². The summed E-state index contributed by atoms with van der Waals surface area (Å²) < 4.78 is 5.11. The van der Waals surface area contributed by atoms with E-state index in [1.54, 1.807) is 7.11 Å². The van der Waals surface area contributed by atoms with Gasteiger partial charge in [0.1, 0.15) is 5.75 Å². The molecule has 0 aromatic heterocycles. The SMILES string of the molecule is COc1cccc(C(C)C)c1.Cc1ccc(C(C)C)cc1. The predicted molar refractivity (Wildman–Crippen MR) is 92.4 cm³/mol. The van der Waals surface area contributed by atoms with Crippen molar-refractivity contribution in [2.75, 3.05) is 7.11 Å². The third-order valence-electron chi connectivity index (χ3n) is 3.50. The quantitative estimate of drug-likeness (QED) is 0.678. The van der Waals surface area contributed by atoms with Crippen LogP contribution in [0.4, 0.5) is 0 Å². The average molecular weight is 284 g/mol. The molecule has 0 heterocycles. The van der Waals surface area contributed by atoms with Gasteiger partial charge in [0.05, 0.1) is 7.11 Å². The lowest BCUT2D eigenvalue weighted by atomic mass is 10.0. The molecule has 0 N–H and O–H groups in total. The van der Waals surface area contributed by atoms with Gasteiger partial charge in [-0.15, -0.1) is 0 Å². The molecule has 0 saturated carbocycles. The third kappa shape index (κ3) is 6.03. The van der Waals surface area contributed by atoms with Crippen LogP contribution in [-0.4, -0.2) is 7.11 Å². The Labute approximate surface area is 130 Å². The highest BCUT2D eigenvalue weighted by atomic mass is 16.5. The molecule has 2 aromatic rings. The maximum absolute atomic E-state index is 5.11. The smallest absolute Gasteiger partial charge is 0.119 e. The van der Waals surface area contributed by atoms with Crippen molar-refractivity contribution >= 4 is 0 Å². The van der Waals surface area contributed by atoms with Crippen molar-refractivity contribution in [2.24, 2.45) is 0 Å². The van der Waals surface area contributed by atoms with E-state index in [9.17, 15) is 0 Å². The first-order valence-electron chi connectivity index (χ1n) is 7.64. The molecule has 0 aliphatic carbocycles. The highest BCUT2D eigenvalue weighted by molar-refractivity contribution is 5.30. The minimum absolute atomic E-state index is 0.574. The molecule has 0 unspecified atom stereocenters. The van der Waals surface area contributed by atoms with E-state index in [-0.39, 0.29) is 0 Å². The second-order valence-electron chi connectivity index (χ2n) is 6.00. The Morgan fingerprint density at radius 3 is 1.81 bits per heavy atom. The Morgan fingerprint density at radius 1 is 0.762 bits per heavy atom. The zero-order chi connectivity index (χ0) is 15.8. The highest BCUT2D eigenvalue weighted by Crippen LogP contribution is 2.19. The largest absolute Gasteiger partial charge is 0.497 e. The minimum Gasteiger partial charge on any atom is -0.497 e. The standard InChI is InChI=1S/C10H14O.C10H14/c1-8(2)9-5-4-6-10(7-9)11-3;1-8(2)10-6-4-9(3)5-7-10/h4-8H,1-3H3;4-8H,1-3H3. The second kappa shape index (κ2) is 8.51. The molecule has 0 saturated heterocycles. The zero-order valence-electron chi connectivity index (χ0n) is 14.2. The number of rotatable bonds is 3. The Morgan fingerprint density at radius 2 is 1.33 bits per heavy atom. The normalized spacial score (nSPS) is 10.3. The lowest BCUT2D eigenvalue weighted by molar-refractivity contribution is 0.414. The van der Waals surface area contributed by atoms with Crippen LogP contribution in [0.1, 0.15) is 56.2 Å². The number of hydrogen-bond acceptors (Lipinski definition) is 1. The molecule has 0 spiro atoms. The lowest BCUT2D eigenvalue weighted by Gasteiger charge is -2.06. The molecule has 0 aliphatic heterocycles. The number of ether oxygens (including phenoxy) is 1. The van der Waals surface area contributed by atoms with Crippen molar-refractivity contribution in [3.63, 3.8) is 0 Å². The van der Waals surface area contributed by atoms with Crippen LogP contribution in [0, 0.1) is 6.92 Å². The van der Waals surface area contributed by atoms with Crippen LogP contribution in [0.3, 0.4) is 0 Å². The van der Waals surface area contributed by atoms with E-state index in [0.717, 1.165) is 5.75 Å². The summed E-state index contributed by atoms with van der Waals surface area (Å²) in [4.78, 5) is 0. The van der Waals surface area contributed by atoms with Crippen molar-refractivity contribution < 1.29 is 4.74 Å². The first-order chi connectivity index (χ1) is 9.93. The summed E-state index contributed by atoms with van der Waals surface area (Å²) in [6.45, 7) is 10.9. The van der Waals surface area contributed by atoms with E-state index >= 15 is 0 Å². The van der Waals surface area contributed by atoms with E-state index in [0.29, 0.717) is 11.8 Å². The molecule has 1 nitrogen and oxygen atoms in total. The molecular weight excluding hydrogens is 256 g/mol. The van der Waals surface area contributed by atoms with Gasteiger partial charge in [0, 0.05) is 0 Å². The van der Waals surface area contributed by atoms with E-state index in [2.05, 4.69) is 71.0 Å². The number of benzene rings is 2.